The van der Waals surface area contributed by atoms with Crippen LogP contribution in [0.2, 0.25) is 0 Å². The first-order valence-corrected chi connectivity index (χ1v) is 20.6. The second-order valence-electron chi connectivity index (χ2n) is 16.8. The number of aromatic nitrogens is 1. The van der Waals surface area contributed by atoms with Crippen molar-refractivity contribution in [3.63, 3.8) is 0 Å². The third-order valence-corrected chi connectivity index (χ3v) is 13.3. The first-order chi connectivity index (χ1) is 25.0. The molecule has 1 aromatic carbocycles. The van der Waals surface area contributed by atoms with E-state index >= 15 is 0 Å². The molecular formula is C41H54N4O7S. The summed E-state index contributed by atoms with van der Waals surface area (Å²) in [5.41, 5.74) is -0.899. The molecule has 4 bridgehead atoms. The zero-order valence-electron chi connectivity index (χ0n) is 31.7. The molecule has 53 heavy (non-hydrogen) atoms. The minimum atomic E-state index is -3.84. The van der Waals surface area contributed by atoms with Gasteiger partial charge in [-0.05, 0) is 86.8 Å². The number of ether oxygens (including phenoxy) is 1. The van der Waals surface area contributed by atoms with Crippen molar-refractivity contribution in [1.82, 2.24) is 19.5 Å². The van der Waals surface area contributed by atoms with Gasteiger partial charge in [-0.3, -0.25) is 23.9 Å². The maximum absolute atomic E-state index is 14.8. The summed E-state index contributed by atoms with van der Waals surface area (Å²) >= 11 is 0. The Morgan fingerprint density at radius 2 is 1.91 bits per heavy atom. The van der Waals surface area contributed by atoms with Gasteiger partial charge in [-0.15, -0.1) is 6.58 Å². The lowest BCUT2D eigenvalue weighted by Gasteiger charge is -2.36. The fraction of sp³-hybridized carbons (Fsp3) is 0.585. The number of benzene rings is 1. The van der Waals surface area contributed by atoms with Gasteiger partial charge in [-0.1, -0.05) is 51.1 Å². The van der Waals surface area contributed by atoms with E-state index in [2.05, 4.69) is 28.4 Å². The van der Waals surface area contributed by atoms with Crippen LogP contribution in [0.25, 0.3) is 16.8 Å². The number of nitrogens with zero attached hydrogens (tertiary/aromatic N) is 3. The number of carbonyl (C=O) groups is 4. The lowest BCUT2D eigenvalue weighted by atomic mass is 9.77. The molecule has 2 saturated carbocycles. The highest BCUT2D eigenvalue weighted by atomic mass is 32.2. The standard InChI is InChI=1S/C41H54N4O7S/c1-7-29-23-41(29,39(49)43-53(50,51)31-15-16-31)24-35(46)34-21-30-25-45(34)38(48)33(40(4,5)6)22-36(47)44(26(2)3)19-11-9-8-10-12-27-13-14-28-17-18-42-37(52-30)32(28)20-27/h7,10,12-14,17-18,20,26,29-31,33-34H,1,8-9,11,15-16,19,21-25H2,2-6H3,(H,43,49)/b12-10+/t29-,30-,33-,34+,41-/m1/s1. The van der Waals surface area contributed by atoms with Gasteiger partial charge in [0.25, 0.3) is 0 Å². The Balaban J connectivity index is 1.36. The molecule has 0 spiro atoms. The molecule has 5 atom stereocenters. The molecule has 1 aromatic heterocycles. The molecule has 0 radical (unpaired) electrons. The predicted octanol–water partition coefficient (Wildman–Crippen LogP) is 5.83. The van der Waals surface area contributed by atoms with Gasteiger partial charge in [0, 0.05) is 43.4 Å². The number of ketones is 1. The van der Waals surface area contributed by atoms with Crippen molar-refractivity contribution in [2.75, 3.05) is 13.1 Å². The Morgan fingerprint density at radius 1 is 1.15 bits per heavy atom. The number of hydrogen-bond acceptors (Lipinski definition) is 8. The van der Waals surface area contributed by atoms with Crippen molar-refractivity contribution in [3.05, 3.63) is 54.8 Å². The monoisotopic (exact) mass is 746 g/mol. The summed E-state index contributed by atoms with van der Waals surface area (Å²) in [7, 11) is -3.84. The maximum atomic E-state index is 14.8. The first kappa shape index (κ1) is 38.7. The highest BCUT2D eigenvalue weighted by Crippen LogP contribution is 2.57. The van der Waals surface area contributed by atoms with Gasteiger partial charge in [0.05, 0.1) is 29.2 Å². The van der Waals surface area contributed by atoms with Gasteiger partial charge in [-0.25, -0.2) is 13.4 Å². The van der Waals surface area contributed by atoms with Crippen LogP contribution >= 0.6 is 0 Å². The van der Waals surface area contributed by atoms with Gasteiger partial charge in [0.1, 0.15) is 6.10 Å². The van der Waals surface area contributed by atoms with Crippen LogP contribution in [0.5, 0.6) is 5.88 Å². The number of hydrogen-bond donors (Lipinski definition) is 1. The number of pyridine rings is 1. The van der Waals surface area contributed by atoms with E-state index in [1.165, 1.54) is 0 Å². The summed E-state index contributed by atoms with van der Waals surface area (Å²) in [6.07, 6.45) is 10.6. The highest BCUT2D eigenvalue weighted by molar-refractivity contribution is 7.90. The maximum Gasteiger partial charge on any atom is 0.240 e. The summed E-state index contributed by atoms with van der Waals surface area (Å²) in [4.78, 5) is 64.8. The number of allylic oxidation sites excluding steroid dienone is 2. The van der Waals surface area contributed by atoms with Crippen molar-refractivity contribution in [2.24, 2.45) is 22.7 Å². The summed E-state index contributed by atoms with van der Waals surface area (Å²) in [5.74, 6) is -2.20. The Bertz CT molecular complexity index is 1910. The minimum absolute atomic E-state index is 0.0139. The van der Waals surface area contributed by atoms with Crippen LogP contribution in [0.15, 0.2) is 49.2 Å². The molecule has 286 valence electrons. The zero-order chi connectivity index (χ0) is 38.3. The number of carbonyl (C=O) groups excluding carboxylic acids is 4. The van der Waals surface area contributed by atoms with Crippen molar-refractivity contribution in [2.45, 2.75) is 116 Å². The number of Topliss-reactive ketones (excluding diaryl/α,β-unsaturated/α-hetero) is 1. The van der Waals surface area contributed by atoms with Crippen molar-refractivity contribution in [1.29, 1.82) is 0 Å². The highest BCUT2D eigenvalue weighted by Gasteiger charge is 2.61. The minimum Gasteiger partial charge on any atom is -0.472 e. The molecule has 11 nitrogen and oxygen atoms in total. The van der Waals surface area contributed by atoms with E-state index < -0.39 is 50.1 Å². The van der Waals surface area contributed by atoms with Gasteiger partial charge < -0.3 is 14.5 Å². The van der Waals surface area contributed by atoms with E-state index in [0.717, 1.165) is 35.6 Å². The zero-order valence-corrected chi connectivity index (χ0v) is 32.5. The smallest absolute Gasteiger partial charge is 0.240 e. The normalized spacial score (nSPS) is 27.9. The number of sulfonamides is 1. The molecule has 2 aliphatic carbocycles. The lowest BCUT2D eigenvalue weighted by molar-refractivity contribution is -0.148. The number of fused-ring (bicyclic) bond motifs is 3. The van der Waals surface area contributed by atoms with Crippen molar-refractivity contribution in [3.8, 4) is 5.88 Å². The molecule has 3 heterocycles. The second-order valence-corrected chi connectivity index (χ2v) is 18.8. The predicted molar refractivity (Wildman–Crippen MR) is 204 cm³/mol. The van der Waals surface area contributed by atoms with E-state index in [9.17, 15) is 27.6 Å². The molecule has 2 aliphatic heterocycles. The van der Waals surface area contributed by atoms with E-state index in [1.807, 2.05) is 63.8 Å². The first-order valence-electron chi connectivity index (χ1n) is 19.1. The van der Waals surface area contributed by atoms with E-state index in [-0.39, 0.29) is 61.8 Å². The molecule has 2 aromatic rings. The molecule has 3 fully saturated rings. The van der Waals surface area contributed by atoms with E-state index in [4.69, 9.17) is 4.74 Å². The fourth-order valence-electron chi connectivity index (χ4n) is 7.95. The van der Waals surface area contributed by atoms with Crippen LogP contribution in [-0.4, -0.2) is 83.2 Å². The van der Waals surface area contributed by atoms with Gasteiger partial charge in [0.15, 0.2) is 5.78 Å². The molecule has 6 rings (SSSR count). The average molecular weight is 747 g/mol. The van der Waals surface area contributed by atoms with Crippen LogP contribution in [0.4, 0.5) is 0 Å². The molecule has 12 heteroatoms. The third kappa shape index (κ3) is 8.37. The summed E-state index contributed by atoms with van der Waals surface area (Å²) < 4.78 is 34.3. The van der Waals surface area contributed by atoms with Crippen molar-refractivity contribution < 1.29 is 32.3 Å². The number of amides is 3. The summed E-state index contributed by atoms with van der Waals surface area (Å²) in [6.45, 7) is 14.3. The Hall–Kier alpha value is -4.06. The van der Waals surface area contributed by atoms with E-state index in [0.29, 0.717) is 25.3 Å². The van der Waals surface area contributed by atoms with Gasteiger partial charge in [0.2, 0.25) is 33.6 Å². The summed E-state index contributed by atoms with van der Waals surface area (Å²) in [5, 5.41) is 1.16. The largest absolute Gasteiger partial charge is 0.472 e. The molecule has 1 N–H and O–H groups in total. The lowest BCUT2D eigenvalue weighted by Crippen LogP contribution is -2.49. The van der Waals surface area contributed by atoms with Crippen LogP contribution in [0.3, 0.4) is 0 Å². The second kappa shape index (κ2) is 15.0. The Morgan fingerprint density at radius 3 is 2.57 bits per heavy atom. The van der Waals surface area contributed by atoms with Gasteiger partial charge >= 0.3 is 0 Å². The van der Waals surface area contributed by atoms with E-state index in [1.54, 1.807) is 17.2 Å². The average Bonchev–Trinajstić information content (AvgIpc) is 4.02. The SMILES string of the molecule is C=C[C@@H]1C[C@]1(CC(=O)[C@@H]1C[C@@H]2CN1C(=O)[C@H](C(C)(C)C)CC(=O)N(C(C)C)CCCC/C=C/c1ccc3ccnc(c3c1)O2)C(=O)NS(=O)(=O)C1CC1. The quantitative estimate of drug-likeness (QED) is 0.333. The van der Waals surface area contributed by atoms with Crippen LogP contribution in [-0.2, 0) is 29.2 Å². The molecule has 1 saturated heterocycles. The molecular weight excluding hydrogens is 693 g/mol. The van der Waals surface area contributed by atoms with Gasteiger partial charge in [-0.2, -0.15) is 0 Å². The summed E-state index contributed by atoms with van der Waals surface area (Å²) in [6, 6.07) is 6.98. The number of nitrogens with one attached hydrogen (secondary N) is 1. The Labute approximate surface area is 313 Å². The number of rotatable bonds is 8. The molecule has 0 unspecified atom stereocenters. The van der Waals surface area contributed by atoms with Crippen LogP contribution in [0.1, 0.15) is 98.0 Å². The third-order valence-electron chi connectivity index (χ3n) is 11.5. The van der Waals surface area contributed by atoms with Crippen LogP contribution < -0.4 is 9.46 Å². The molecule has 3 amide bonds. The van der Waals surface area contributed by atoms with Crippen molar-refractivity contribution >= 4 is 50.4 Å². The fourth-order valence-corrected chi connectivity index (χ4v) is 9.33. The topological polar surface area (TPSA) is 143 Å². The van der Waals surface area contributed by atoms with Crippen LogP contribution in [0, 0.1) is 22.7 Å². The molecule has 4 aliphatic rings. The Kier molecular flexibility index (Phi) is 10.9.